The SMILES string of the molecule is O=C(CSCc1ccc(C(=O)N2CCCNCC2)cc1)Nc1ccc(Cl)cc1. The van der Waals surface area contributed by atoms with Crippen LogP contribution in [0.15, 0.2) is 48.5 Å². The number of nitrogens with one attached hydrogen (secondary N) is 2. The lowest BCUT2D eigenvalue weighted by atomic mass is 10.1. The molecule has 0 atom stereocenters. The first-order valence-electron chi connectivity index (χ1n) is 9.34. The Morgan fingerprint density at radius 2 is 1.79 bits per heavy atom. The summed E-state index contributed by atoms with van der Waals surface area (Å²) >= 11 is 7.38. The molecule has 0 aromatic heterocycles. The molecule has 0 bridgehead atoms. The summed E-state index contributed by atoms with van der Waals surface area (Å²) in [6.45, 7) is 3.36. The van der Waals surface area contributed by atoms with E-state index in [4.69, 9.17) is 11.6 Å². The molecule has 0 spiro atoms. The van der Waals surface area contributed by atoms with Gasteiger partial charge in [0.05, 0.1) is 5.75 Å². The van der Waals surface area contributed by atoms with Gasteiger partial charge in [0.25, 0.3) is 5.91 Å². The minimum absolute atomic E-state index is 0.0473. The van der Waals surface area contributed by atoms with Gasteiger partial charge in [0.2, 0.25) is 5.91 Å². The summed E-state index contributed by atoms with van der Waals surface area (Å²) in [6.07, 6.45) is 0.985. The molecule has 148 valence electrons. The fourth-order valence-corrected chi connectivity index (χ4v) is 3.88. The zero-order valence-corrected chi connectivity index (χ0v) is 17.2. The number of hydrogen-bond donors (Lipinski definition) is 2. The average molecular weight is 418 g/mol. The van der Waals surface area contributed by atoms with E-state index in [9.17, 15) is 9.59 Å². The van der Waals surface area contributed by atoms with Crippen LogP contribution in [-0.4, -0.2) is 48.6 Å². The predicted octanol–water partition coefficient (Wildman–Crippen LogP) is 3.65. The molecule has 2 aromatic carbocycles. The van der Waals surface area contributed by atoms with Crippen LogP contribution in [0.3, 0.4) is 0 Å². The summed E-state index contributed by atoms with van der Waals surface area (Å²) in [4.78, 5) is 26.5. The highest BCUT2D eigenvalue weighted by Crippen LogP contribution is 2.17. The minimum Gasteiger partial charge on any atom is -0.337 e. The van der Waals surface area contributed by atoms with Crippen molar-refractivity contribution < 1.29 is 9.59 Å². The van der Waals surface area contributed by atoms with Gasteiger partial charge in [-0.05, 0) is 54.9 Å². The van der Waals surface area contributed by atoms with Crippen LogP contribution in [0.5, 0.6) is 0 Å². The monoisotopic (exact) mass is 417 g/mol. The molecule has 2 N–H and O–H groups in total. The lowest BCUT2D eigenvalue weighted by molar-refractivity contribution is -0.113. The smallest absolute Gasteiger partial charge is 0.253 e. The summed E-state index contributed by atoms with van der Waals surface area (Å²) in [5.41, 5.74) is 2.55. The lowest BCUT2D eigenvalue weighted by Gasteiger charge is -2.20. The maximum atomic E-state index is 12.6. The highest BCUT2D eigenvalue weighted by atomic mass is 35.5. The molecule has 0 unspecified atom stereocenters. The number of carbonyl (C=O) groups is 2. The van der Waals surface area contributed by atoms with E-state index in [2.05, 4.69) is 10.6 Å². The number of hydrogen-bond acceptors (Lipinski definition) is 4. The molecule has 0 saturated carbocycles. The number of halogens is 1. The average Bonchev–Trinajstić information content (AvgIpc) is 2.99. The summed E-state index contributed by atoms with van der Waals surface area (Å²) in [5, 5.41) is 6.80. The molecule has 7 heteroatoms. The number of anilines is 1. The van der Waals surface area contributed by atoms with E-state index < -0.39 is 0 Å². The van der Waals surface area contributed by atoms with Crippen LogP contribution in [0.1, 0.15) is 22.3 Å². The first kappa shape index (κ1) is 20.7. The van der Waals surface area contributed by atoms with Crippen LogP contribution in [0.25, 0.3) is 0 Å². The zero-order chi connectivity index (χ0) is 19.8. The van der Waals surface area contributed by atoms with Crippen molar-refractivity contribution in [3.8, 4) is 0 Å². The van der Waals surface area contributed by atoms with Crippen LogP contribution in [0.4, 0.5) is 5.69 Å². The molecule has 1 aliphatic rings. The molecule has 28 heavy (non-hydrogen) atoms. The van der Waals surface area contributed by atoms with E-state index in [0.717, 1.165) is 55.2 Å². The number of nitrogens with zero attached hydrogens (tertiary/aromatic N) is 1. The van der Waals surface area contributed by atoms with E-state index in [1.165, 1.54) is 0 Å². The number of amides is 2. The van der Waals surface area contributed by atoms with Gasteiger partial charge in [-0.1, -0.05) is 23.7 Å². The second-order valence-electron chi connectivity index (χ2n) is 6.64. The summed E-state index contributed by atoms with van der Waals surface area (Å²) in [5.74, 6) is 1.12. The molecular weight excluding hydrogens is 394 g/mol. The van der Waals surface area contributed by atoms with E-state index in [0.29, 0.717) is 10.8 Å². The fraction of sp³-hybridized carbons (Fsp3) is 0.333. The normalized spacial score (nSPS) is 14.4. The Hall–Kier alpha value is -2.02. The van der Waals surface area contributed by atoms with Crippen LogP contribution in [0, 0.1) is 0 Å². The third kappa shape index (κ3) is 6.26. The van der Waals surface area contributed by atoms with E-state index >= 15 is 0 Å². The molecular formula is C21H24ClN3O2S. The number of carbonyl (C=O) groups excluding carboxylic acids is 2. The molecule has 0 radical (unpaired) electrons. The fourth-order valence-electron chi connectivity index (χ4n) is 2.97. The van der Waals surface area contributed by atoms with Crippen molar-refractivity contribution in [3.63, 3.8) is 0 Å². The number of thioether (sulfide) groups is 1. The van der Waals surface area contributed by atoms with Gasteiger partial charge >= 0.3 is 0 Å². The van der Waals surface area contributed by atoms with Crippen molar-refractivity contribution in [1.82, 2.24) is 10.2 Å². The third-order valence-electron chi connectivity index (χ3n) is 4.46. The first-order chi connectivity index (χ1) is 13.6. The van der Waals surface area contributed by atoms with Crippen LogP contribution >= 0.6 is 23.4 Å². The van der Waals surface area contributed by atoms with Gasteiger partial charge in [-0.3, -0.25) is 9.59 Å². The number of benzene rings is 2. The zero-order valence-electron chi connectivity index (χ0n) is 15.6. The molecule has 0 aliphatic carbocycles. The minimum atomic E-state index is -0.0473. The topological polar surface area (TPSA) is 61.4 Å². The molecule has 1 heterocycles. The Labute approximate surface area is 174 Å². The Kier molecular flexibility index (Phi) is 7.77. The summed E-state index contributed by atoms with van der Waals surface area (Å²) < 4.78 is 0. The van der Waals surface area contributed by atoms with Gasteiger partial charge in [-0.25, -0.2) is 0 Å². The van der Waals surface area contributed by atoms with Gasteiger partial charge < -0.3 is 15.5 Å². The molecule has 2 aromatic rings. The maximum Gasteiger partial charge on any atom is 0.253 e. The van der Waals surface area contributed by atoms with Gasteiger partial charge in [0.1, 0.15) is 0 Å². The molecule has 5 nitrogen and oxygen atoms in total. The van der Waals surface area contributed by atoms with Crippen LogP contribution < -0.4 is 10.6 Å². The molecule has 3 rings (SSSR count). The van der Waals surface area contributed by atoms with Gasteiger partial charge in [-0.2, -0.15) is 0 Å². The molecule has 1 saturated heterocycles. The Balaban J connectivity index is 1.44. The molecule has 2 amide bonds. The van der Waals surface area contributed by atoms with Crippen LogP contribution in [-0.2, 0) is 10.5 Å². The first-order valence-corrected chi connectivity index (χ1v) is 10.9. The van der Waals surface area contributed by atoms with E-state index in [1.807, 2.05) is 29.2 Å². The van der Waals surface area contributed by atoms with Crippen molar-refractivity contribution in [2.45, 2.75) is 12.2 Å². The van der Waals surface area contributed by atoms with E-state index in [1.54, 1.807) is 36.0 Å². The van der Waals surface area contributed by atoms with Gasteiger partial charge in [0, 0.05) is 41.7 Å². The highest BCUT2D eigenvalue weighted by molar-refractivity contribution is 7.99. The second-order valence-corrected chi connectivity index (χ2v) is 8.06. The summed E-state index contributed by atoms with van der Waals surface area (Å²) in [7, 11) is 0. The number of rotatable bonds is 6. The largest absolute Gasteiger partial charge is 0.337 e. The predicted molar refractivity (Wildman–Crippen MR) is 116 cm³/mol. The van der Waals surface area contributed by atoms with Crippen molar-refractivity contribution >= 4 is 40.9 Å². The van der Waals surface area contributed by atoms with Crippen LogP contribution in [0.2, 0.25) is 5.02 Å². The Bertz CT molecular complexity index is 788. The standard InChI is InChI=1S/C21H24ClN3O2S/c22-18-6-8-19(9-7-18)24-20(26)15-28-14-16-2-4-17(5-3-16)21(27)25-12-1-10-23-11-13-25/h2-9,23H,1,10-15H2,(H,24,26). The van der Waals surface area contributed by atoms with Gasteiger partial charge in [-0.15, -0.1) is 11.8 Å². The van der Waals surface area contributed by atoms with E-state index in [-0.39, 0.29) is 11.8 Å². The molecule has 1 aliphatic heterocycles. The maximum absolute atomic E-state index is 12.6. The second kappa shape index (κ2) is 10.5. The van der Waals surface area contributed by atoms with Gasteiger partial charge in [0.15, 0.2) is 0 Å². The van der Waals surface area contributed by atoms with Crippen molar-refractivity contribution in [3.05, 3.63) is 64.7 Å². The van der Waals surface area contributed by atoms with Crippen molar-refractivity contribution in [2.24, 2.45) is 0 Å². The Morgan fingerprint density at radius 3 is 2.54 bits per heavy atom. The quantitative estimate of drug-likeness (QED) is 0.753. The Morgan fingerprint density at radius 1 is 1.04 bits per heavy atom. The lowest BCUT2D eigenvalue weighted by Crippen LogP contribution is -2.34. The van der Waals surface area contributed by atoms with Crippen molar-refractivity contribution in [2.75, 3.05) is 37.2 Å². The highest BCUT2D eigenvalue weighted by Gasteiger charge is 2.16. The third-order valence-corrected chi connectivity index (χ3v) is 5.71. The molecule has 1 fully saturated rings. The summed E-state index contributed by atoms with van der Waals surface area (Å²) in [6, 6.07) is 14.7. The van der Waals surface area contributed by atoms with Crippen molar-refractivity contribution in [1.29, 1.82) is 0 Å².